The largest absolute Gasteiger partial charge is 0.378 e. The van der Waals surface area contributed by atoms with Gasteiger partial charge in [0.2, 0.25) is 5.91 Å². The Labute approximate surface area is 148 Å². The Morgan fingerprint density at radius 2 is 2.08 bits per heavy atom. The highest BCUT2D eigenvalue weighted by molar-refractivity contribution is 5.94. The van der Waals surface area contributed by atoms with E-state index in [1.807, 2.05) is 29.2 Å². The minimum Gasteiger partial charge on any atom is -0.378 e. The van der Waals surface area contributed by atoms with Crippen molar-refractivity contribution in [1.29, 1.82) is 0 Å². The van der Waals surface area contributed by atoms with Crippen LogP contribution in [0.5, 0.6) is 0 Å². The van der Waals surface area contributed by atoms with Crippen LogP contribution in [-0.2, 0) is 9.53 Å². The Morgan fingerprint density at radius 3 is 2.84 bits per heavy atom. The molecule has 2 fully saturated rings. The predicted octanol–water partition coefficient (Wildman–Crippen LogP) is -0.149. The molecular formula is C18H26N4O3. The number of carbonyl (C=O) groups excluding carboxylic acids is 2. The van der Waals surface area contributed by atoms with E-state index in [1.54, 1.807) is 7.05 Å². The van der Waals surface area contributed by atoms with E-state index in [1.165, 1.54) is 0 Å². The van der Waals surface area contributed by atoms with Gasteiger partial charge in [0.25, 0.3) is 5.91 Å². The summed E-state index contributed by atoms with van der Waals surface area (Å²) in [6.45, 7) is 5.41. The third-order valence-corrected chi connectivity index (χ3v) is 4.82. The Bertz CT molecular complexity index is 616. The minimum atomic E-state index is -0.0958. The third-order valence-electron chi connectivity index (χ3n) is 4.82. The fourth-order valence-electron chi connectivity index (χ4n) is 3.38. The summed E-state index contributed by atoms with van der Waals surface area (Å²) < 4.78 is 5.32. The fourth-order valence-corrected chi connectivity index (χ4v) is 3.38. The molecule has 2 saturated heterocycles. The van der Waals surface area contributed by atoms with Crippen LogP contribution in [-0.4, -0.2) is 81.1 Å². The van der Waals surface area contributed by atoms with E-state index in [0.29, 0.717) is 38.4 Å². The number of rotatable bonds is 4. The fraction of sp³-hybridized carbons (Fsp3) is 0.556. The highest BCUT2D eigenvalue weighted by Crippen LogP contribution is 2.23. The number of ether oxygens (including phenoxy) is 1. The minimum absolute atomic E-state index is 0.0864. The first-order valence-corrected chi connectivity index (χ1v) is 8.81. The van der Waals surface area contributed by atoms with Crippen LogP contribution in [0.2, 0.25) is 0 Å². The molecule has 2 heterocycles. The maximum atomic E-state index is 12.6. The number of piperazine rings is 1. The van der Waals surface area contributed by atoms with Gasteiger partial charge in [-0.2, -0.15) is 0 Å². The summed E-state index contributed by atoms with van der Waals surface area (Å²) in [6, 6.07) is 7.74. The van der Waals surface area contributed by atoms with Gasteiger partial charge in [0.05, 0.1) is 19.8 Å². The summed E-state index contributed by atoms with van der Waals surface area (Å²) >= 11 is 0. The van der Waals surface area contributed by atoms with Crippen LogP contribution in [0, 0.1) is 0 Å². The molecule has 0 spiro atoms. The maximum absolute atomic E-state index is 12.6. The lowest BCUT2D eigenvalue weighted by molar-refractivity contribution is -0.137. The van der Waals surface area contributed by atoms with Gasteiger partial charge in [-0.15, -0.1) is 0 Å². The molecule has 2 N–H and O–H groups in total. The van der Waals surface area contributed by atoms with Gasteiger partial charge in [0.15, 0.2) is 0 Å². The average molecular weight is 346 g/mol. The first-order chi connectivity index (χ1) is 12.2. The molecule has 2 amide bonds. The molecule has 3 rings (SSSR count). The van der Waals surface area contributed by atoms with Crippen molar-refractivity contribution in [3.63, 3.8) is 0 Å². The van der Waals surface area contributed by atoms with Crippen LogP contribution >= 0.6 is 0 Å². The van der Waals surface area contributed by atoms with Gasteiger partial charge in [0, 0.05) is 51.4 Å². The topological polar surface area (TPSA) is 73.9 Å². The summed E-state index contributed by atoms with van der Waals surface area (Å²) in [7, 11) is 1.63. The lowest BCUT2D eigenvalue weighted by Gasteiger charge is -2.38. The van der Waals surface area contributed by atoms with Crippen LogP contribution in [0.3, 0.4) is 0 Å². The second-order valence-electron chi connectivity index (χ2n) is 6.39. The summed E-state index contributed by atoms with van der Waals surface area (Å²) in [5.41, 5.74) is 1.70. The molecule has 7 heteroatoms. The van der Waals surface area contributed by atoms with Crippen molar-refractivity contribution in [2.24, 2.45) is 0 Å². The first-order valence-electron chi connectivity index (χ1n) is 8.81. The van der Waals surface area contributed by atoms with Crippen molar-refractivity contribution in [3.8, 4) is 0 Å². The molecule has 7 nitrogen and oxygen atoms in total. The van der Waals surface area contributed by atoms with Crippen LogP contribution in [0.1, 0.15) is 22.0 Å². The molecule has 2 aliphatic rings. The second-order valence-corrected chi connectivity index (χ2v) is 6.39. The quantitative estimate of drug-likeness (QED) is 0.793. The lowest BCUT2D eigenvalue weighted by Crippen LogP contribution is -2.51. The zero-order valence-corrected chi connectivity index (χ0v) is 14.7. The van der Waals surface area contributed by atoms with Crippen molar-refractivity contribution >= 4 is 11.8 Å². The Morgan fingerprint density at radius 1 is 1.28 bits per heavy atom. The second kappa shape index (κ2) is 8.42. The number of morpholine rings is 1. The Balaban J connectivity index is 1.72. The van der Waals surface area contributed by atoms with E-state index < -0.39 is 0 Å². The molecular weight excluding hydrogens is 320 g/mol. The van der Waals surface area contributed by atoms with Crippen LogP contribution in [0.4, 0.5) is 0 Å². The predicted molar refractivity (Wildman–Crippen MR) is 94.4 cm³/mol. The van der Waals surface area contributed by atoms with Crippen LogP contribution in [0.25, 0.3) is 0 Å². The molecule has 0 radical (unpaired) electrons. The average Bonchev–Trinajstić information content (AvgIpc) is 2.68. The molecule has 1 atom stereocenters. The van der Waals surface area contributed by atoms with Crippen molar-refractivity contribution in [2.75, 3.05) is 59.5 Å². The SMILES string of the molecule is CNC(=O)c1cccc(C2CNCCN2CC(=O)N2CCOCC2)c1. The van der Waals surface area contributed by atoms with Crippen molar-refractivity contribution in [3.05, 3.63) is 35.4 Å². The summed E-state index contributed by atoms with van der Waals surface area (Å²) in [4.78, 5) is 28.6. The molecule has 136 valence electrons. The van der Waals surface area contributed by atoms with Gasteiger partial charge >= 0.3 is 0 Å². The van der Waals surface area contributed by atoms with Gasteiger partial charge in [-0.3, -0.25) is 14.5 Å². The Hall–Kier alpha value is -1.96. The van der Waals surface area contributed by atoms with Crippen molar-refractivity contribution in [2.45, 2.75) is 6.04 Å². The lowest BCUT2D eigenvalue weighted by atomic mass is 10.0. The van der Waals surface area contributed by atoms with Crippen molar-refractivity contribution in [1.82, 2.24) is 20.4 Å². The molecule has 2 aliphatic heterocycles. The van der Waals surface area contributed by atoms with Crippen LogP contribution < -0.4 is 10.6 Å². The van der Waals surface area contributed by atoms with Gasteiger partial charge in [0.1, 0.15) is 0 Å². The third kappa shape index (κ3) is 4.36. The molecule has 0 aromatic heterocycles. The van der Waals surface area contributed by atoms with E-state index in [-0.39, 0.29) is 17.9 Å². The monoisotopic (exact) mass is 346 g/mol. The van der Waals surface area contributed by atoms with Crippen LogP contribution in [0.15, 0.2) is 24.3 Å². The van der Waals surface area contributed by atoms with E-state index in [4.69, 9.17) is 4.74 Å². The number of carbonyl (C=O) groups is 2. The summed E-state index contributed by atoms with van der Waals surface area (Å²) in [6.07, 6.45) is 0. The zero-order valence-electron chi connectivity index (χ0n) is 14.7. The summed E-state index contributed by atoms with van der Waals surface area (Å²) in [5, 5.41) is 6.05. The molecule has 0 bridgehead atoms. The number of amides is 2. The smallest absolute Gasteiger partial charge is 0.251 e. The molecule has 25 heavy (non-hydrogen) atoms. The zero-order chi connectivity index (χ0) is 17.6. The Kier molecular flexibility index (Phi) is 6.01. The standard InChI is InChI=1S/C18H26N4O3/c1-19-18(24)15-4-2-3-14(11-15)16-12-20-5-6-22(16)13-17(23)21-7-9-25-10-8-21/h2-4,11,16,20H,5-10,12-13H2,1H3,(H,19,24). The molecule has 1 aromatic rings. The van der Waals surface area contributed by atoms with E-state index in [0.717, 1.165) is 25.2 Å². The van der Waals surface area contributed by atoms with Gasteiger partial charge in [-0.1, -0.05) is 12.1 Å². The normalized spacial score (nSPS) is 21.8. The molecule has 1 aromatic carbocycles. The van der Waals surface area contributed by atoms with E-state index in [2.05, 4.69) is 15.5 Å². The number of benzene rings is 1. The van der Waals surface area contributed by atoms with E-state index >= 15 is 0 Å². The number of nitrogens with zero attached hydrogens (tertiary/aromatic N) is 2. The number of hydrogen-bond acceptors (Lipinski definition) is 5. The van der Waals surface area contributed by atoms with Gasteiger partial charge in [-0.25, -0.2) is 0 Å². The van der Waals surface area contributed by atoms with Gasteiger partial charge < -0.3 is 20.3 Å². The molecule has 0 saturated carbocycles. The molecule has 0 aliphatic carbocycles. The summed E-state index contributed by atoms with van der Waals surface area (Å²) in [5.74, 6) is 0.0548. The van der Waals surface area contributed by atoms with E-state index in [9.17, 15) is 9.59 Å². The number of hydrogen-bond donors (Lipinski definition) is 2. The highest BCUT2D eigenvalue weighted by Gasteiger charge is 2.28. The highest BCUT2D eigenvalue weighted by atomic mass is 16.5. The van der Waals surface area contributed by atoms with Crippen molar-refractivity contribution < 1.29 is 14.3 Å². The molecule has 1 unspecified atom stereocenters. The van der Waals surface area contributed by atoms with Gasteiger partial charge in [-0.05, 0) is 17.7 Å². The number of nitrogens with one attached hydrogen (secondary N) is 2. The maximum Gasteiger partial charge on any atom is 0.251 e. The first kappa shape index (κ1) is 17.8.